The Labute approximate surface area is 194 Å². The number of ether oxygens (including phenoxy) is 2. The van der Waals surface area contributed by atoms with Crippen LogP contribution in [-0.2, 0) is 4.79 Å². The first-order valence-electron chi connectivity index (χ1n) is 11.7. The first kappa shape index (κ1) is 23.3. The van der Waals surface area contributed by atoms with Crippen molar-refractivity contribution in [1.82, 2.24) is 10.2 Å². The molecule has 1 amide bonds. The van der Waals surface area contributed by atoms with Crippen LogP contribution in [0.5, 0.6) is 11.5 Å². The highest BCUT2D eigenvalue weighted by molar-refractivity contribution is 5.96. The maximum atomic E-state index is 12.7. The molecule has 176 valence electrons. The number of hydrogen-bond acceptors (Lipinski definition) is 6. The van der Waals surface area contributed by atoms with Gasteiger partial charge in [0.25, 0.3) is 0 Å². The van der Waals surface area contributed by atoms with Crippen LogP contribution < -0.4 is 14.8 Å². The number of carbonyl (C=O) groups is 2. The number of aliphatic hydroxyl groups excluding tert-OH is 1. The van der Waals surface area contributed by atoms with Crippen LogP contribution in [0, 0.1) is 6.92 Å². The summed E-state index contributed by atoms with van der Waals surface area (Å²) in [5, 5.41) is 14.1. The Bertz CT molecular complexity index is 969. The van der Waals surface area contributed by atoms with E-state index in [1.807, 2.05) is 37.3 Å². The molecule has 0 aliphatic carbocycles. The lowest BCUT2D eigenvalue weighted by Crippen LogP contribution is -2.46. The normalized spacial score (nSPS) is 17.0. The third kappa shape index (κ3) is 6.12. The minimum Gasteiger partial charge on any atom is -0.454 e. The quantitative estimate of drug-likeness (QED) is 0.538. The van der Waals surface area contributed by atoms with Gasteiger partial charge in [0.2, 0.25) is 12.7 Å². The Hall–Kier alpha value is -2.90. The molecule has 2 aromatic carbocycles. The van der Waals surface area contributed by atoms with Gasteiger partial charge in [-0.1, -0.05) is 35.9 Å². The lowest BCUT2D eigenvalue weighted by atomic mass is 10.0. The SMILES string of the molecule is Cc1ccc(C(=O)CCCC(=O)N[C@H](CN2CCCC2)[C@H](O)c2ccc3c(c2)OCO3)cc1. The number of amides is 1. The van der Waals surface area contributed by atoms with Crippen LogP contribution in [0.3, 0.4) is 0 Å². The summed E-state index contributed by atoms with van der Waals surface area (Å²) in [6.45, 7) is 4.65. The highest BCUT2D eigenvalue weighted by atomic mass is 16.7. The molecule has 0 spiro atoms. The van der Waals surface area contributed by atoms with Crippen LogP contribution >= 0.6 is 0 Å². The van der Waals surface area contributed by atoms with Gasteiger partial charge in [0, 0.05) is 24.9 Å². The molecular formula is C26H32N2O5. The second-order valence-electron chi connectivity index (χ2n) is 8.88. The van der Waals surface area contributed by atoms with Gasteiger partial charge in [-0.05, 0) is 57.0 Å². The summed E-state index contributed by atoms with van der Waals surface area (Å²) in [4.78, 5) is 27.4. The Morgan fingerprint density at radius 3 is 2.52 bits per heavy atom. The number of likely N-dealkylation sites (tertiary alicyclic amines) is 1. The van der Waals surface area contributed by atoms with Crippen molar-refractivity contribution < 1.29 is 24.2 Å². The zero-order chi connectivity index (χ0) is 23.2. The van der Waals surface area contributed by atoms with E-state index in [9.17, 15) is 14.7 Å². The third-order valence-corrected chi connectivity index (χ3v) is 6.30. The van der Waals surface area contributed by atoms with Gasteiger partial charge in [0.15, 0.2) is 17.3 Å². The average molecular weight is 453 g/mol. The zero-order valence-corrected chi connectivity index (χ0v) is 19.1. The molecule has 0 bridgehead atoms. The molecule has 0 saturated carbocycles. The van der Waals surface area contributed by atoms with E-state index in [0.29, 0.717) is 42.0 Å². The van der Waals surface area contributed by atoms with Crippen molar-refractivity contribution in [3.8, 4) is 11.5 Å². The summed E-state index contributed by atoms with van der Waals surface area (Å²) in [5.41, 5.74) is 2.46. The Balaban J connectivity index is 1.34. The first-order chi connectivity index (χ1) is 16.0. The van der Waals surface area contributed by atoms with Gasteiger partial charge in [0.05, 0.1) is 6.04 Å². The van der Waals surface area contributed by atoms with Crippen molar-refractivity contribution >= 4 is 11.7 Å². The van der Waals surface area contributed by atoms with Gasteiger partial charge in [-0.3, -0.25) is 9.59 Å². The van der Waals surface area contributed by atoms with Crippen molar-refractivity contribution in [2.75, 3.05) is 26.4 Å². The number of rotatable bonds is 10. The van der Waals surface area contributed by atoms with E-state index in [2.05, 4.69) is 10.2 Å². The highest BCUT2D eigenvalue weighted by Crippen LogP contribution is 2.35. The number of benzene rings is 2. The van der Waals surface area contributed by atoms with Crippen molar-refractivity contribution in [3.63, 3.8) is 0 Å². The van der Waals surface area contributed by atoms with E-state index in [1.165, 1.54) is 0 Å². The van der Waals surface area contributed by atoms with Crippen LogP contribution in [-0.4, -0.2) is 54.2 Å². The molecule has 2 atom stereocenters. The van der Waals surface area contributed by atoms with Crippen LogP contribution in [0.15, 0.2) is 42.5 Å². The maximum Gasteiger partial charge on any atom is 0.231 e. The van der Waals surface area contributed by atoms with E-state index < -0.39 is 12.1 Å². The topological polar surface area (TPSA) is 88.1 Å². The summed E-state index contributed by atoms with van der Waals surface area (Å²) < 4.78 is 10.8. The monoisotopic (exact) mass is 452 g/mol. The van der Waals surface area contributed by atoms with E-state index in [4.69, 9.17) is 9.47 Å². The van der Waals surface area contributed by atoms with Gasteiger partial charge in [0.1, 0.15) is 6.10 Å². The number of hydrogen-bond donors (Lipinski definition) is 2. The van der Waals surface area contributed by atoms with Gasteiger partial charge < -0.3 is 24.8 Å². The summed E-state index contributed by atoms with van der Waals surface area (Å²) in [5.74, 6) is 1.14. The number of Topliss-reactive ketones (excluding diaryl/α,β-unsaturated/α-hetero) is 1. The Morgan fingerprint density at radius 1 is 1.03 bits per heavy atom. The van der Waals surface area contributed by atoms with Crippen molar-refractivity contribution in [3.05, 3.63) is 59.2 Å². The van der Waals surface area contributed by atoms with E-state index in [-0.39, 0.29) is 24.9 Å². The lowest BCUT2D eigenvalue weighted by Gasteiger charge is -2.29. The van der Waals surface area contributed by atoms with Crippen LogP contribution in [0.25, 0.3) is 0 Å². The number of fused-ring (bicyclic) bond motifs is 1. The minimum atomic E-state index is -0.877. The molecule has 33 heavy (non-hydrogen) atoms. The molecular weight excluding hydrogens is 420 g/mol. The number of nitrogens with zero attached hydrogens (tertiary/aromatic N) is 1. The molecule has 1 fully saturated rings. The highest BCUT2D eigenvalue weighted by Gasteiger charge is 2.28. The third-order valence-electron chi connectivity index (χ3n) is 6.30. The molecule has 2 N–H and O–H groups in total. The number of aliphatic hydroxyl groups is 1. The summed E-state index contributed by atoms with van der Waals surface area (Å²) in [6, 6.07) is 12.4. The molecule has 2 aromatic rings. The predicted octanol–water partition coefficient (Wildman–Crippen LogP) is 3.39. The summed E-state index contributed by atoms with van der Waals surface area (Å²) >= 11 is 0. The molecule has 0 radical (unpaired) electrons. The van der Waals surface area contributed by atoms with E-state index >= 15 is 0 Å². The molecule has 0 unspecified atom stereocenters. The molecule has 1 saturated heterocycles. The van der Waals surface area contributed by atoms with Crippen LogP contribution in [0.1, 0.15) is 59.7 Å². The Morgan fingerprint density at radius 2 is 1.76 bits per heavy atom. The van der Waals surface area contributed by atoms with E-state index in [0.717, 1.165) is 31.5 Å². The largest absolute Gasteiger partial charge is 0.454 e. The summed E-state index contributed by atoms with van der Waals surface area (Å²) in [6.07, 6.45) is 2.40. The minimum absolute atomic E-state index is 0.0387. The fraction of sp³-hybridized carbons (Fsp3) is 0.462. The number of nitrogens with one attached hydrogen (secondary N) is 1. The Kier molecular flexibility index (Phi) is 7.62. The molecule has 7 nitrogen and oxygen atoms in total. The molecule has 2 heterocycles. The first-order valence-corrected chi connectivity index (χ1v) is 11.7. The molecule has 2 aliphatic heterocycles. The standard InChI is InChI=1S/C26H32N2O5/c1-18-7-9-19(10-8-18)22(29)5-4-6-25(30)27-21(16-28-13-2-3-14-28)26(31)20-11-12-23-24(15-20)33-17-32-23/h7-12,15,21,26,31H,2-6,13-14,16-17H2,1H3,(H,27,30)/t21-,26-/m1/s1. The number of carbonyl (C=O) groups excluding carboxylic acids is 2. The van der Waals surface area contributed by atoms with Gasteiger partial charge in [-0.15, -0.1) is 0 Å². The molecule has 7 heteroatoms. The van der Waals surface area contributed by atoms with E-state index in [1.54, 1.807) is 12.1 Å². The molecule has 0 aromatic heterocycles. The van der Waals surface area contributed by atoms with Gasteiger partial charge in [-0.25, -0.2) is 0 Å². The average Bonchev–Trinajstić information content (AvgIpc) is 3.50. The smallest absolute Gasteiger partial charge is 0.231 e. The summed E-state index contributed by atoms with van der Waals surface area (Å²) in [7, 11) is 0. The second kappa shape index (κ2) is 10.8. The molecule has 4 rings (SSSR count). The fourth-order valence-electron chi connectivity index (χ4n) is 4.37. The van der Waals surface area contributed by atoms with Gasteiger partial charge in [-0.2, -0.15) is 0 Å². The van der Waals surface area contributed by atoms with Crippen molar-refractivity contribution in [1.29, 1.82) is 0 Å². The van der Waals surface area contributed by atoms with Gasteiger partial charge >= 0.3 is 0 Å². The molecule has 2 aliphatic rings. The van der Waals surface area contributed by atoms with Crippen LogP contribution in [0.4, 0.5) is 0 Å². The van der Waals surface area contributed by atoms with Crippen molar-refractivity contribution in [2.24, 2.45) is 0 Å². The number of aryl methyl sites for hydroxylation is 1. The number of ketones is 1. The zero-order valence-electron chi connectivity index (χ0n) is 19.1. The van der Waals surface area contributed by atoms with Crippen LogP contribution in [0.2, 0.25) is 0 Å². The van der Waals surface area contributed by atoms with Crippen molar-refractivity contribution in [2.45, 2.75) is 51.2 Å². The lowest BCUT2D eigenvalue weighted by molar-refractivity contribution is -0.123. The fourth-order valence-corrected chi connectivity index (χ4v) is 4.37. The maximum absolute atomic E-state index is 12.7. The second-order valence-corrected chi connectivity index (χ2v) is 8.88. The predicted molar refractivity (Wildman–Crippen MR) is 124 cm³/mol.